The second-order valence-corrected chi connectivity index (χ2v) is 12.6. The number of piperidine rings is 1. The molecule has 0 radical (unpaired) electrons. The van der Waals surface area contributed by atoms with Crippen molar-refractivity contribution in [2.45, 2.75) is 58.7 Å². The van der Waals surface area contributed by atoms with Gasteiger partial charge in [-0.2, -0.15) is 0 Å². The van der Waals surface area contributed by atoms with Crippen LogP contribution in [0.25, 0.3) is 11.1 Å². The number of nitrogens with zero attached hydrogens (tertiary/aromatic N) is 3. The summed E-state index contributed by atoms with van der Waals surface area (Å²) < 4.78 is 25.5. The highest BCUT2D eigenvalue weighted by molar-refractivity contribution is 6.01. The van der Waals surface area contributed by atoms with Crippen molar-refractivity contribution in [3.63, 3.8) is 0 Å². The van der Waals surface area contributed by atoms with Gasteiger partial charge in [-0.3, -0.25) is 4.79 Å². The van der Waals surface area contributed by atoms with E-state index in [2.05, 4.69) is 4.90 Å². The number of ether oxygens (including phenoxy) is 2. The first kappa shape index (κ1) is 29.8. The predicted molar refractivity (Wildman–Crippen MR) is 155 cm³/mol. The fraction of sp³-hybridized carbons (Fsp3) is 0.562. The Kier molecular flexibility index (Phi) is 9.39. The Balaban J connectivity index is 1.31. The number of likely N-dealkylation sites (tertiary alicyclic amines) is 1. The van der Waals surface area contributed by atoms with E-state index in [-0.39, 0.29) is 12.0 Å². The Morgan fingerprint density at radius 1 is 0.850 bits per heavy atom. The first-order chi connectivity index (χ1) is 18.9. The quantitative estimate of drug-likeness (QED) is 0.428. The third kappa shape index (κ3) is 8.43. The van der Waals surface area contributed by atoms with E-state index in [1.54, 1.807) is 23.6 Å². The molecule has 2 aliphatic rings. The van der Waals surface area contributed by atoms with Crippen molar-refractivity contribution in [2.75, 3.05) is 52.4 Å². The Morgan fingerprint density at radius 2 is 1.45 bits per heavy atom. The van der Waals surface area contributed by atoms with Gasteiger partial charge >= 0.3 is 6.09 Å². The number of piperazine rings is 1. The number of amides is 2. The maximum atomic E-state index is 13.9. The number of hydrogen-bond donors (Lipinski definition) is 0. The maximum Gasteiger partial charge on any atom is 0.410 e. The van der Waals surface area contributed by atoms with Gasteiger partial charge in [0.2, 0.25) is 0 Å². The van der Waals surface area contributed by atoms with Crippen molar-refractivity contribution in [2.24, 2.45) is 5.92 Å². The van der Waals surface area contributed by atoms with Crippen LogP contribution in [0.15, 0.2) is 48.5 Å². The van der Waals surface area contributed by atoms with E-state index in [4.69, 9.17) is 9.47 Å². The zero-order valence-electron chi connectivity index (χ0n) is 24.6. The molecule has 8 heteroatoms. The summed E-state index contributed by atoms with van der Waals surface area (Å²) in [5.41, 5.74) is 0.758. The Bertz CT molecular complexity index is 1140. The van der Waals surface area contributed by atoms with Gasteiger partial charge in [-0.1, -0.05) is 30.3 Å². The smallest absolute Gasteiger partial charge is 0.410 e. The molecule has 0 spiro atoms. The lowest BCUT2D eigenvalue weighted by Gasteiger charge is -2.35. The summed E-state index contributed by atoms with van der Waals surface area (Å²) >= 11 is 0. The highest BCUT2D eigenvalue weighted by Gasteiger charge is 2.29. The van der Waals surface area contributed by atoms with Crippen LogP contribution in [0.5, 0.6) is 5.75 Å². The largest absolute Gasteiger partial charge is 0.493 e. The molecule has 0 atom stereocenters. The van der Waals surface area contributed by atoms with E-state index in [0.717, 1.165) is 42.8 Å². The van der Waals surface area contributed by atoms with E-state index >= 15 is 0 Å². The molecule has 2 fully saturated rings. The van der Waals surface area contributed by atoms with Crippen LogP contribution in [0.2, 0.25) is 0 Å². The van der Waals surface area contributed by atoms with Crippen LogP contribution in [0, 0.1) is 5.92 Å². The van der Waals surface area contributed by atoms with E-state index in [9.17, 15) is 14.0 Å². The van der Waals surface area contributed by atoms with Gasteiger partial charge in [0.25, 0.3) is 5.91 Å². The second kappa shape index (κ2) is 12.6. The van der Waals surface area contributed by atoms with Crippen LogP contribution >= 0.6 is 0 Å². The van der Waals surface area contributed by atoms with Crippen molar-refractivity contribution >= 4 is 12.0 Å². The fourth-order valence-electron chi connectivity index (χ4n) is 5.30. The Hall–Kier alpha value is -3.13. The molecule has 0 saturated carbocycles. The van der Waals surface area contributed by atoms with Gasteiger partial charge in [0.1, 0.15) is 17.0 Å². The van der Waals surface area contributed by atoms with Crippen LogP contribution in [0.4, 0.5) is 9.18 Å². The topological polar surface area (TPSA) is 62.3 Å². The standard InChI is InChI=1S/C32H44FN3O4/c1-31(2,3)40-30(38)36-20-18-35(19-21-36)29(37)28-9-7-6-8-27(28)25-10-12-26(13-11-25)39-22-24-14-16-34(17-15-24)23-32(4,5)33/h6-13,24H,14-23H2,1-5H3. The highest BCUT2D eigenvalue weighted by atomic mass is 19.1. The van der Waals surface area contributed by atoms with Gasteiger partial charge in [0.15, 0.2) is 0 Å². The summed E-state index contributed by atoms with van der Waals surface area (Å²) in [7, 11) is 0. The average Bonchev–Trinajstić information content (AvgIpc) is 2.91. The van der Waals surface area contributed by atoms with Gasteiger partial charge in [0, 0.05) is 38.3 Å². The van der Waals surface area contributed by atoms with Crippen molar-refractivity contribution < 1.29 is 23.5 Å². The zero-order chi connectivity index (χ0) is 28.9. The molecule has 2 saturated heterocycles. The molecule has 2 aliphatic heterocycles. The average molecular weight is 554 g/mol. The summed E-state index contributed by atoms with van der Waals surface area (Å²) in [4.78, 5) is 31.5. The molecule has 7 nitrogen and oxygen atoms in total. The summed E-state index contributed by atoms with van der Waals surface area (Å²) in [5.74, 6) is 1.23. The molecule has 0 aromatic heterocycles. The van der Waals surface area contributed by atoms with E-state index in [1.165, 1.54) is 0 Å². The van der Waals surface area contributed by atoms with Crippen LogP contribution in [-0.4, -0.2) is 90.4 Å². The van der Waals surface area contributed by atoms with Crippen LogP contribution in [0.3, 0.4) is 0 Å². The Morgan fingerprint density at radius 3 is 2.05 bits per heavy atom. The number of halogens is 1. The van der Waals surface area contributed by atoms with Gasteiger partial charge in [0.05, 0.1) is 6.61 Å². The lowest BCUT2D eigenvalue weighted by atomic mass is 9.96. The van der Waals surface area contributed by atoms with Crippen LogP contribution < -0.4 is 4.74 Å². The molecule has 0 unspecified atom stereocenters. The third-order valence-electron chi connectivity index (χ3n) is 7.33. The summed E-state index contributed by atoms with van der Waals surface area (Å²) in [6, 6.07) is 15.5. The molecule has 2 aromatic rings. The van der Waals surface area contributed by atoms with Gasteiger partial charge in [-0.15, -0.1) is 0 Å². The Labute approximate surface area is 238 Å². The molecular formula is C32H44FN3O4. The van der Waals surface area contributed by atoms with E-state index in [1.807, 2.05) is 69.3 Å². The number of carbonyl (C=O) groups excluding carboxylic acids is 2. The highest BCUT2D eigenvalue weighted by Crippen LogP contribution is 2.28. The van der Waals surface area contributed by atoms with Crippen molar-refractivity contribution in [3.8, 4) is 16.9 Å². The molecule has 2 aromatic carbocycles. The minimum Gasteiger partial charge on any atom is -0.493 e. The molecule has 0 aliphatic carbocycles. The number of rotatable bonds is 7. The SMILES string of the molecule is CC(C)(F)CN1CCC(COc2ccc(-c3ccccc3C(=O)N3CCN(C(=O)OC(C)(C)C)CC3)cc2)CC1. The van der Waals surface area contributed by atoms with Crippen LogP contribution in [0.1, 0.15) is 57.8 Å². The number of carbonyl (C=O) groups is 2. The van der Waals surface area contributed by atoms with Crippen molar-refractivity contribution in [3.05, 3.63) is 54.1 Å². The number of hydrogen-bond acceptors (Lipinski definition) is 5. The van der Waals surface area contributed by atoms with Crippen molar-refractivity contribution in [1.29, 1.82) is 0 Å². The first-order valence-corrected chi connectivity index (χ1v) is 14.4. The normalized spacial score (nSPS) is 17.6. The predicted octanol–water partition coefficient (Wildman–Crippen LogP) is 5.89. The molecular weight excluding hydrogens is 509 g/mol. The summed E-state index contributed by atoms with van der Waals surface area (Å²) in [6.45, 7) is 13.6. The number of alkyl halides is 1. The van der Waals surface area contributed by atoms with Gasteiger partial charge in [-0.25, -0.2) is 9.18 Å². The molecule has 2 heterocycles. The third-order valence-corrected chi connectivity index (χ3v) is 7.33. The lowest BCUT2D eigenvalue weighted by Crippen LogP contribution is -2.51. The molecule has 2 amide bonds. The molecule has 0 bridgehead atoms. The first-order valence-electron chi connectivity index (χ1n) is 14.4. The minimum absolute atomic E-state index is 0.0396. The van der Waals surface area contributed by atoms with Crippen LogP contribution in [-0.2, 0) is 4.74 Å². The van der Waals surface area contributed by atoms with Gasteiger partial charge < -0.3 is 24.2 Å². The zero-order valence-corrected chi connectivity index (χ0v) is 24.6. The summed E-state index contributed by atoms with van der Waals surface area (Å²) in [6.07, 6.45) is 1.68. The fourth-order valence-corrected chi connectivity index (χ4v) is 5.30. The van der Waals surface area contributed by atoms with Gasteiger partial charge in [-0.05, 0) is 95.8 Å². The summed E-state index contributed by atoms with van der Waals surface area (Å²) in [5, 5.41) is 0. The number of benzene rings is 2. The molecule has 218 valence electrons. The maximum absolute atomic E-state index is 13.9. The van der Waals surface area contributed by atoms with E-state index in [0.29, 0.717) is 50.8 Å². The molecule has 0 N–H and O–H groups in total. The lowest BCUT2D eigenvalue weighted by molar-refractivity contribution is 0.0141. The second-order valence-electron chi connectivity index (χ2n) is 12.6. The van der Waals surface area contributed by atoms with E-state index < -0.39 is 11.3 Å². The monoisotopic (exact) mass is 553 g/mol. The van der Waals surface area contributed by atoms with Crippen molar-refractivity contribution in [1.82, 2.24) is 14.7 Å². The minimum atomic E-state index is -1.16. The molecule has 4 rings (SSSR count). The molecule has 40 heavy (non-hydrogen) atoms.